The van der Waals surface area contributed by atoms with Gasteiger partial charge in [0, 0.05) is 0 Å². The summed E-state index contributed by atoms with van der Waals surface area (Å²) >= 11 is 0. The highest BCUT2D eigenvalue weighted by atomic mass is 19.4. The molecule has 0 bridgehead atoms. The molecule has 3 rings (SSSR count). The van der Waals surface area contributed by atoms with Crippen molar-refractivity contribution < 1.29 is 37.0 Å². The first-order valence-electron chi connectivity index (χ1n) is 12.9. The Labute approximate surface area is 241 Å². The van der Waals surface area contributed by atoms with Crippen LogP contribution >= 0.6 is 0 Å². The molecule has 1 amide bonds. The van der Waals surface area contributed by atoms with E-state index in [0.29, 0.717) is 22.7 Å². The highest BCUT2D eigenvalue weighted by Crippen LogP contribution is 2.32. The molecule has 224 valence electrons. The molecule has 1 atom stereocenters. The van der Waals surface area contributed by atoms with E-state index in [9.17, 15) is 22.8 Å². The number of ether oxygens (including phenoxy) is 3. The van der Waals surface area contributed by atoms with Crippen LogP contribution in [0.2, 0.25) is 0 Å². The van der Waals surface area contributed by atoms with Gasteiger partial charge in [-0.1, -0.05) is 36.4 Å². The summed E-state index contributed by atoms with van der Waals surface area (Å²) in [7, 11) is 0. The number of hydrogen-bond acceptors (Lipinski definition) is 8. The van der Waals surface area contributed by atoms with Crippen molar-refractivity contribution >= 4 is 23.4 Å². The predicted molar refractivity (Wildman–Crippen MR) is 151 cm³/mol. The molecule has 0 heterocycles. The summed E-state index contributed by atoms with van der Waals surface area (Å²) < 4.78 is 54.6. The van der Waals surface area contributed by atoms with Crippen molar-refractivity contribution in [2.45, 2.75) is 52.1 Å². The number of para-hydroxylation sites is 2. The standard InChI is InChI=1S/C29H32F3N5O5/c1-17(2)40-23-15-14-19(16-24(23)41-18(3)4)25(27(38)37-34-20-10-6-5-7-11-20)35-36-26(33)21-12-8-9-13-22(21)42-28(39)29(30,31)32/h5-18,25,34-35H,1-4H3,(H2,33,36)(H,37,38). The Morgan fingerprint density at radius 2 is 1.45 bits per heavy atom. The summed E-state index contributed by atoms with van der Waals surface area (Å²) in [5.74, 6) is -2.95. The topological polar surface area (TPSA) is 136 Å². The number of hydrogen-bond donors (Lipinski definition) is 4. The third-order valence-corrected chi connectivity index (χ3v) is 5.30. The number of hydrazine groups is 1. The summed E-state index contributed by atoms with van der Waals surface area (Å²) in [6.45, 7) is 7.40. The zero-order chi connectivity index (χ0) is 30.9. The van der Waals surface area contributed by atoms with E-state index < -0.39 is 29.8 Å². The van der Waals surface area contributed by atoms with Gasteiger partial charge in [0.05, 0.1) is 23.5 Å². The lowest BCUT2D eigenvalue weighted by atomic mass is 10.1. The number of carbonyl (C=O) groups excluding carboxylic acids is 2. The number of carbonyl (C=O) groups is 2. The largest absolute Gasteiger partial charge is 0.491 e. The highest BCUT2D eigenvalue weighted by molar-refractivity contribution is 6.00. The average Bonchev–Trinajstić information content (AvgIpc) is 2.93. The molecule has 3 aromatic rings. The van der Waals surface area contributed by atoms with Gasteiger partial charge >= 0.3 is 12.1 Å². The molecule has 13 heteroatoms. The number of hydrazone groups is 1. The number of rotatable bonds is 12. The van der Waals surface area contributed by atoms with Crippen LogP contribution < -0.4 is 36.2 Å². The molecule has 0 saturated heterocycles. The maximum atomic E-state index is 13.4. The van der Waals surface area contributed by atoms with E-state index in [0.717, 1.165) is 6.07 Å². The van der Waals surface area contributed by atoms with Crippen molar-refractivity contribution in [3.05, 3.63) is 83.9 Å². The van der Waals surface area contributed by atoms with Crippen molar-refractivity contribution in [1.82, 2.24) is 10.9 Å². The molecule has 0 spiro atoms. The number of nitrogens with zero attached hydrogens (tertiary/aromatic N) is 1. The number of nitrogens with two attached hydrogens (primary N) is 1. The van der Waals surface area contributed by atoms with Crippen LogP contribution in [-0.2, 0) is 9.59 Å². The summed E-state index contributed by atoms with van der Waals surface area (Å²) in [5.41, 5.74) is 15.1. The molecular formula is C29H32F3N5O5. The van der Waals surface area contributed by atoms with Crippen molar-refractivity contribution in [1.29, 1.82) is 0 Å². The van der Waals surface area contributed by atoms with Crippen molar-refractivity contribution in [2.24, 2.45) is 10.8 Å². The number of alkyl halides is 3. The Morgan fingerprint density at radius 1 is 0.833 bits per heavy atom. The Balaban J connectivity index is 1.96. The summed E-state index contributed by atoms with van der Waals surface area (Å²) in [6, 6.07) is 17.9. The first kappa shape index (κ1) is 31.6. The molecule has 0 saturated carbocycles. The molecule has 42 heavy (non-hydrogen) atoms. The first-order chi connectivity index (χ1) is 19.8. The number of benzene rings is 3. The zero-order valence-corrected chi connectivity index (χ0v) is 23.4. The Bertz CT molecular complexity index is 1400. The minimum absolute atomic E-state index is 0.103. The SMILES string of the molecule is CC(C)Oc1ccc(C(N/N=C(\N)c2ccccc2OC(=O)C(F)(F)F)C(=O)NNc2ccccc2)cc1OC(C)C. The van der Waals surface area contributed by atoms with E-state index in [1.54, 1.807) is 42.5 Å². The molecule has 1 unspecified atom stereocenters. The lowest BCUT2D eigenvalue weighted by molar-refractivity contribution is -0.189. The fraction of sp³-hybridized carbons (Fsp3) is 0.276. The van der Waals surface area contributed by atoms with Crippen LogP contribution in [0.4, 0.5) is 18.9 Å². The second-order valence-corrected chi connectivity index (χ2v) is 9.46. The number of halogens is 3. The van der Waals surface area contributed by atoms with Crippen LogP contribution in [0.15, 0.2) is 77.9 Å². The van der Waals surface area contributed by atoms with Crippen LogP contribution in [0.3, 0.4) is 0 Å². The quantitative estimate of drug-likeness (QED) is 0.0779. The molecular weight excluding hydrogens is 555 g/mol. The average molecular weight is 588 g/mol. The fourth-order valence-corrected chi connectivity index (χ4v) is 3.53. The molecule has 0 aliphatic rings. The fourth-order valence-electron chi connectivity index (χ4n) is 3.53. The van der Waals surface area contributed by atoms with E-state index >= 15 is 0 Å². The van der Waals surface area contributed by atoms with Gasteiger partial charge in [-0.15, -0.1) is 0 Å². The minimum atomic E-state index is -5.21. The molecule has 0 aliphatic carbocycles. The second-order valence-electron chi connectivity index (χ2n) is 9.46. The monoisotopic (exact) mass is 587 g/mol. The van der Waals surface area contributed by atoms with E-state index in [1.165, 1.54) is 18.2 Å². The molecule has 10 nitrogen and oxygen atoms in total. The summed E-state index contributed by atoms with van der Waals surface area (Å²) in [5, 5.41) is 4.05. The van der Waals surface area contributed by atoms with Crippen molar-refractivity contribution in [3.8, 4) is 17.2 Å². The normalized spacial score (nSPS) is 12.5. The van der Waals surface area contributed by atoms with Gasteiger partial charge in [-0.3, -0.25) is 21.1 Å². The number of nitrogens with one attached hydrogen (secondary N) is 3. The van der Waals surface area contributed by atoms with E-state index in [2.05, 4.69) is 26.1 Å². The van der Waals surface area contributed by atoms with Gasteiger partial charge in [-0.2, -0.15) is 18.3 Å². The van der Waals surface area contributed by atoms with Crippen molar-refractivity contribution in [3.63, 3.8) is 0 Å². The minimum Gasteiger partial charge on any atom is -0.487 e. The van der Waals surface area contributed by atoms with Gasteiger partial charge in [0.1, 0.15) is 11.8 Å². The first-order valence-corrected chi connectivity index (χ1v) is 12.9. The van der Waals surface area contributed by atoms with Gasteiger partial charge in [-0.05, 0) is 69.7 Å². The number of amidine groups is 1. The van der Waals surface area contributed by atoms with Crippen LogP contribution in [0.5, 0.6) is 17.2 Å². The third kappa shape index (κ3) is 9.04. The van der Waals surface area contributed by atoms with E-state index in [4.69, 9.17) is 15.2 Å². The molecule has 0 aromatic heterocycles. The maximum absolute atomic E-state index is 13.4. The zero-order valence-electron chi connectivity index (χ0n) is 23.4. The third-order valence-electron chi connectivity index (χ3n) is 5.30. The second kappa shape index (κ2) is 14.1. The van der Waals surface area contributed by atoms with Crippen LogP contribution in [0, 0.1) is 0 Å². The number of amides is 1. The molecule has 3 aromatic carbocycles. The Kier molecular flexibility index (Phi) is 10.6. The van der Waals surface area contributed by atoms with E-state index in [1.807, 2.05) is 33.8 Å². The summed E-state index contributed by atoms with van der Waals surface area (Å²) in [4.78, 5) is 24.8. The smallest absolute Gasteiger partial charge is 0.487 e. The van der Waals surface area contributed by atoms with Gasteiger partial charge in [0.25, 0.3) is 5.91 Å². The molecule has 0 fully saturated rings. The van der Waals surface area contributed by atoms with Crippen LogP contribution in [-0.4, -0.2) is 36.1 Å². The van der Waals surface area contributed by atoms with Crippen molar-refractivity contribution in [2.75, 3.05) is 5.43 Å². The maximum Gasteiger partial charge on any atom is 0.491 e. The van der Waals surface area contributed by atoms with Gasteiger partial charge in [0.15, 0.2) is 17.3 Å². The lowest BCUT2D eigenvalue weighted by Gasteiger charge is -2.22. The molecule has 5 N–H and O–H groups in total. The Hall–Kier alpha value is -4.94. The summed E-state index contributed by atoms with van der Waals surface area (Å²) in [6.07, 6.45) is -5.57. The molecule has 0 radical (unpaired) electrons. The van der Waals surface area contributed by atoms with Crippen LogP contribution in [0.25, 0.3) is 0 Å². The lowest BCUT2D eigenvalue weighted by Crippen LogP contribution is -2.39. The Morgan fingerprint density at radius 3 is 2.10 bits per heavy atom. The number of esters is 1. The predicted octanol–water partition coefficient (Wildman–Crippen LogP) is 4.82. The van der Waals surface area contributed by atoms with E-state index in [-0.39, 0.29) is 23.6 Å². The highest BCUT2D eigenvalue weighted by Gasteiger charge is 2.41. The number of anilines is 1. The van der Waals surface area contributed by atoms with Gasteiger partial charge in [-0.25, -0.2) is 4.79 Å². The van der Waals surface area contributed by atoms with Crippen LogP contribution in [0.1, 0.15) is 44.9 Å². The molecule has 0 aliphatic heterocycles. The van der Waals surface area contributed by atoms with Gasteiger partial charge < -0.3 is 19.9 Å². The van der Waals surface area contributed by atoms with Gasteiger partial charge in [0.2, 0.25) is 0 Å².